The van der Waals surface area contributed by atoms with Gasteiger partial charge in [0.2, 0.25) is 5.91 Å². The summed E-state index contributed by atoms with van der Waals surface area (Å²) in [6, 6.07) is 6.18. The number of nitrogens with zero attached hydrogens (tertiary/aromatic N) is 6. The van der Waals surface area contributed by atoms with Crippen LogP contribution in [0.25, 0.3) is 0 Å². The molecule has 2 amide bonds. The average Bonchev–Trinajstić information content (AvgIpc) is 3.63. The van der Waals surface area contributed by atoms with Crippen LogP contribution in [0.1, 0.15) is 59.9 Å². The zero-order valence-electron chi connectivity index (χ0n) is 25.1. The van der Waals surface area contributed by atoms with Crippen molar-refractivity contribution in [3.8, 4) is 11.5 Å². The minimum Gasteiger partial charge on any atom is -0.490 e. The van der Waals surface area contributed by atoms with Gasteiger partial charge in [-0.25, -0.2) is 4.98 Å². The first kappa shape index (κ1) is 29.6. The number of aromatic nitrogens is 4. The molecule has 1 unspecified atom stereocenters. The quantitative estimate of drug-likeness (QED) is 0.439. The smallest absolute Gasteiger partial charge is 0.272 e. The molecule has 11 heteroatoms. The Hall–Kier alpha value is -3.86. The predicted octanol–water partition coefficient (Wildman–Crippen LogP) is 2.83. The van der Waals surface area contributed by atoms with Crippen LogP contribution in [0.15, 0.2) is 36.9 Å². The van der Waals surface area contributed by atoms with Gasteiger partial charge in [-0.3, -0.25) is 19.2 Å². The molecule has 1 atom stereocenters. The Kier molecular flexibility index (Phi) is 9.78. The van der Waals surface area contributed by atoms with Crippen LogP contribution in [-0.4, -0.2) is 86.9 Å². The molecule has 1 aliphatic heterocycles. The van der Waals surface area contributed by atoms with E-state index in [2.05, 4.69) is 26.4 Å². The number of amides is 2. The first-order valence-electron chi connectivity index (χ1n) is 15.1. The van der Waals surface area contributed by atoms with Crippen LogP contribution in [-0.2, 0) is 37.8 Å². The number of aryl methyl sites for hydroxylation is 1. The number of rotatable bonds is 8. The minimum absolute atomic E-state index is 0.0830. The lowest BCUT2D eigenvalue weighted by molar-refractivity contribution is -0.132. The maximum Gasteiger partial charge on any atom is 0.272 e. The third kappa shape index (κ3) is 7.13. The fraction of sp³-hybridized carbons (Fsp3) is 0.548. The van der Waals surface area contributed by atoms with Crippen molar-refractivity contribution in [2.45, 2.75) is 64.6 Å². The van der Waals surface area contributed by atoms with Crippen molar-refractivity contribution >= 4 is 11.8 Å². The Morgan fingerprint density at radius 3 is 2.74 bits per heavy atom. The van der Waals surface area contributed by atoms with Gasteiger partial charge in [-0.05, 0) is 63.3 Å². The van der Waals surface area contributed by atoms with Gasteiger partial charge < -0.3 is 24.3 Å². The van der Waals surface area contributed by atoms with Gasteiger partial charge in [0, 0.05) is 69.8 Å². The van der Waals surface area contributed by atoms with E-state index in [0.717, 1.165) is 67.1 Å². The van der Waals surface area contributed by atoms with Crippen molar-refractivity contribution in [2.24, 2.45) is 7.05 Å². The summed E-state index contributed by atoms with van der Waals surface area (Å²) < 4.78 is 15.8. The van der Waals surface area contributed by atoms with E-state index >= 15 is 0 Å². The molecule has 5 rings (SSSR count). The molecule has 2 aromatic heterocycles. The SMILES string of the molecule is CCOc1cc(CN2CCCNC(=O)c3nn(C)c4c3CC(CC4)N(C)C(=O)CCC2)ccc1OCCn1ccnc1. The lowest BCUT2D eigenvalue weighted by Gasteiger charge is -2.32. The van der Waals surface area contributed by atoms with E-state index in [1.165, 1.54) is 0 Å². The van der Waals surface area contributed by atoms with E-state index in [4.69, 9.17) is 9.47 Å². The second-order valence-electron chi connectivity index (χ2n) is 11.2. The number of ether oxygens (including phenoxy) is 2. The van der Waals surface area contributed by atoms with Gasteiger partial charge in [-0.1, -0.05) is 6.07 Å². The Labute approximate surface area is 247 Å². The summed E-state index contributed by atoms with van der Waals surface area (Å²) >= 11 is 0. The molecule has 1 aromatic carbocycles. The Balaban J connectivity index is 1.26. The third-order valence-electron chi connectivity index (χ3n) is 8.27. The molecule has 11 nitrogen and oxygen atoms in total. The summed E-state index contributed by atoms with van der Waals surface area (Å²) in [5, 5.41) is 7.65. The van der Waals surface area contributed by atoms with Crippen LogP contribution < -0.4 is 14.8 Å². The highest BCUT2D eigenvalue weighted by Crippen LogP contribution is 2.30. The summed E-state index contributed by atoms with van der Waals surface area (Å²) in [5.74, 6) is 1.47. The second kappa shape index (κ2) is 13.9. The minimum atomic E-state index is -0.132. The van der Waals surface area contributed by atoms with E-state index in [0.29, 0.717) is 51.4 Å². The number of hydrogen-bond donors (Lipinski definition) is 1. The summed E-state index contributed by atoms with van der Waals surface area (Å²) in [6.45, 7) is 6.58. The van der Waals surface area contributed by atoms with Crippen molar-refractivity contribution in [3.63, 3.8) is 0 Å². The third-order valence-corrected chi connectivity index (χ3v) is 8.27. The molecule has 226 valence electrons. The molecular weight excluding hydrogens is 534 g/mol. The number of imidazole rings is 1. The molecule has 0 saturated heterocycles. The van der Waals surface area contributed by atoms with Gasteiger partial charge in [-0.2, -0.15) is 5.10 Å². The summed E-state index contributed by atoms with van der Waals surface area (Å²) in [5.41, 5.74) is 3.71. The summed E-state index contributed by atoms with van der Waals surface area (Å²) in [7, 11) is 3.80. The Morgan fingerprint density at radius 2 is 1.93 bits per heavy atom. The zero-order valence-corrected chi connectivity index (χ0v) is 25.1. The largest absolute Gasteiger partial charge is 0.490 e. The fourth-order valence-electron chi connectivity index (χ4n) is 5.95. The second-order valence-corrected chi connectivity index (χ2v) is 11.2. The van der Waals surface area contributed by atoms with E-state index in [1.807, 2.05) is 53.5 Å². The topological polar surface area (TPSA) is 107 Å². The van der Waals surface area contributed by atoms with E-state index in [1.54, 1.807) is 12.5 Å². The van der Waals surface area contributed by atoms with E-state index < -0.39 is 0 Å². The van der Waals surface area contributed by atoms with Crippen molar-refractivity contribution in [2.75, 3.05) is 39.9 Å². The first-order valence-corrected chi connectivity index (χ1v) is 15.1. The van der Waals surface area contributed by atoms with Gasteiger partial charge in [-0.15, -0.1) is 0 Å². The number of benzene rings is 1. The zero-order chi connectivity index (χ0) is 29.5. The van der Waals surface area contributed by atoms with Gasteiger partial charge in [0.25, 0.3) is 5.91 Å². The maximum absolute atomic E-state index is 13.2. The van der Waals surface area contributed by atoms with Crippen LogP contribution in [0.5, 0.6) is 11.5 Å². The molecule has 3 heterocycles. The number of carbonyl (C=O) groups is 2. The normalized spacial score (nSPS) is 18.7. The maximum atomic E-state index is 13.2. The number of likely N-dealkylation sites (N-methyl/N-ethyl adjacent to an activating group) is 1. The summed E-state index contributed by atoms with van der Waals surface area (Å²) in [4.78, 5) is 34.6. The molecule has 0 spiro atoms. The fourth-order valence-corrected chi connectivity index (χ4v) is 5.95. The number of fused-ring (bicyclic) bond motifs is 1. The standard InChI is InChI=1S/C31H43N7O4/c1-4-41-28-19-23(8-11-27(28)42-18-17-38-16-13-32-22-38)21-37-14-5-7-29(39)35(2)24-9-10-26-25(20-24)30(34-36(26)3)31(40)33-12-6-15-37/h8,11,13,16,19,22,24H,4-7,9-10,12,14-15,17-18,20-21H2,1-3H3,(H,33,40). The highest BCUT2D eigenvalue weighted by molar-refractivity contribution is 5.94. The van der Waals surface area contributed by atoms with Crippen LogP contribution >= 0.6 is 0 Å². The highest BCUT2D eigenvalue weighted by atomic mass is 16.5. The van der Waals surface area contributed by atoms with E-state index in [-0.39, 0.29) is 17.9 Å². The molecule has 0 fully saturated rings. The Morgan fingerprint density at radius 1 is 1.07 bits per heavy atom. The van der Waals surface area contributed by atoms with Gasteiger partial charge >= 0.3 is 0 Å². The predicted molar refractivity (Wildman–Crippen MR) is 159 cm³/mol. The van der Waals surface area contributed by atoms with Gasteiger partial charge in [0.05, 0.1) is 19.5 Å². The number of nitrogens with one attached hydrogen (secondary N) is 1. The monoisotopic (exact) mass is 577 g/mol. The lowest BCUT2D eigenvalue weighted by Crippen LogP contribution is -2.41. The number of hydrogen-bond acceptors (Lipinski definition) is 7. The lowest BCUT2D eigenvalue weighted by atomic mass is 9.90. The molecule has 1 aliphatic carbocycles. The molecule has 2 aliphatic rings. The summed E-state index contributed by atoms with van der Waals surface area (Å²) in [6.07, 6.45) is 9.89. The number of carbonyl (C=O) groups excluding carboxylic acids is 2. The molecule has 0 saturated carbocycles. The molecular formula is C31H43N7O4. The molecule has 2 bridgehead atoms. The van der Waals surface area contributed by atoms with Crippen LogP contribution in [0.3, 0.4) is 0 Å². The van der Waals surface area contributed by atoms with E-state index in [9.17, 15) is 9.59 Å². The average molecular weight is 578 g/mol. The Bertz CT molecular complexity index is 1350. The highest BCUT2D eigenvalue weighted by Gasteiger charge is 2.31. The van der Waals surface area contributed by atoms with Gasteiger partial charge in [0.15, 0.2) is 17.2 Å². The van der Waals surface area contributed by atoms with Crippen molar-refractivity contribution in [1.29, 1.82) is 0 Å². The van der Waals surface area contributed by atoms with Crippen LogP contribution in [0.4, 0.5) is 0 Å². The van der Waals surface area contributed by atoms with Crippen LogP contribution in [0.2, 0.25) is 0 Å². The van der Waals surface area contributed by atoms with Crippen LogP contribution in [0, 0.1) is 0 Å². The van der Waals surface area contributed by atoms with Crippen molar-refractivity contribution in [1.82, 2.24) is 34.4 Å². The first-order chi connectivity index (χ1) is 20.4. The van der Waals surface area contributed by atoms with Crippen molar-refractivity contribution in [3.05, 3.63) is 59.4 Å². The van der Waals surface area contributed by atoms with Crippen molar-refractivity contribution < 1.29 is 19.1 Å². The molecule has 3 aromatic rings. The molecule has 1 N–H and O–H groups in total. The van der Waals surface area contributed by atoms with Gasteiger partial charge in [0.1, 0.15) is 6.61 Å². The molecule has 42 heavy (non-hydrogen) atoms. The molecule has 0 radical (unpaired) electrons.